The highest BCUT2D eigenvalue weighted by Crippen LogP contribution is 2.41. The first-order valence-electron chi connectivity index (χ1n) is 10.5. The van der Waals surface area contributed by atoms with Gasteiger partial charge in [0.2, 0.25) is 5.91 Å². The van der Waals surface area contributed by atoms with E-state index < -0.39 is 5.25 Å². The fraction of sp³-hybridized carbons (Fsp3) is 0.375. The standard InChI is InChI=1S/C24H25NO6S/c1-12-13(2)22-20(14(3)21(12)27)18(26)11-17(31-22)8-9-30-16-6-4-15(5-7-16)10-19-23(28)25-24(29)32-19/h4-7,17,19,27H,8-11H2,1-3H3,(H,25,28,29). The number of imide groups is 1. The summed E-state index contributed by atoms with van der Waals surface area (Å²) in [6, 6.07) is 7.42. The number of carbonyl (C=O) groups excluding carboxylic acids is 3. The number of nitrogens with one attached hydrogen (secondary N) is 1. The highest BCUT2D eigenvalue weighted by atomic mass is 32.2. The number of ether oxygens (including phenoxy) is 2. The number of carbonyl (C=O) groups is 3. The fourth-order valence-electron chi connectivity index (χ4n) is 4.04. The summed E-state index contributed by atoms with van der Waals surface area (Å²) in [5.74, 6) is 1.13. The lowest BCUT2D eigenvalue weighted by atomic mass is 9.90. The molecule has 1 fully saturated rings. The van der Waals surface area contributed by atoms with Crippen LogP contribution < -0.4 is 14.8 Å². The average Bonchev–Trinajstić information content (AvgIpc) is 3.08. The Bertz CT molecular complexity index is 1090. The maximum atomic E-state index is 12.7. The van der Waals surface area contributed by atoms with E-state index in [1.165, 1.54) is 0 Å². The van der Waals surface area contributed by atoms with Crippen LogP contribution in [0, 0.1) is 20.8 Å². The highest BCUT2D eigenvalue weighted by Gasteiger charge is 2.32. The zero-order valence-corrected chi connectivity index (χ0v) is 19.0. The molecule has 4 rings (SSSR count). The van der Waals surface area contributed by atoms with Crippen LogP contribution in [0.1, 0.15) is 45.5 Å². The van der Waals surface area contributed by atoms with Gasteiger partial charge in [0.25, 0.3) is 5.24 Å². The second kappa shape index (κ2) is 8.86. The zero-order chi connectivity index (χ0) is 23.0. The maximum Gasteiger partial charge on any atom is 0.286 e. The number of thioether (sulfide) groups is 1. The van der Waals surface area contributed by atoms with Crippen LogP contribution in [0.2, 0.25) is 0 Å². The molecule has 8 heteroatoms. The van der Waals surface area contributed by atoms with E-state index >= 15 is 0 Å². The Labute approximate surface area is 190 Å². The number of hydrogen-bond donors (Lipinski definition) is 2. The number of ketones is 1. The van der Waals surface area contributed by atoms with E-state index in [0.717, 1.165) is 28.5 Å². The van der Waals surface area contributed by atoms with Gasteiger partial charge in [0.1, 0.15) is 23.4 Å². The van der Waals surface area contributed by atoms with Crippen LogP contribution in [0.15, 0.2) is 24.3 Å². The van der Waals surface area contributed by atoms with Crippen LogP contribution in [-0.2, 0) is 11.2 Å². The van der Waals surface area contributed by atoms with E-state index in [9.17, 15) is 19.5 Å². The molecule has 0 aromatic heterocycles. The van der Waals surface area contributed by atoms with Crippen molar-refractivity contribution in [3.63, 3.8) is 0 Å². The minimum absolute atomic E-state index is 0.0243. The summed E-state index contributed by atoms with van der Waals surface area (Å²) in [7, 11) is 0. The van der Waals surface area contributed by atoms with Gasteiger partial charge in [0.15, 0.2) is 5.78 Å². The van der Waals surface area contributed by atoms with Gasteiger partial charge in [0, 0.05) is 18.4 Å². The number of amides is 2. The van der Waals surface area contributed by atoms with E-state index in [4.69, 9.17) is 9.47 Å². The third-order valence-electron chi connectivity index (χ3n) is 6.01. The van der Waals surface area contributed by atoms with Gasteiger partial charge in [-0.05, 0) is 56.0 Å². The second-order valence-corrected chi connectivity index (χ2v) is 9.34. The molecule has 1 saturated heterocycles. The predicted octanol–water partition coefficient (Wildman–Crippen LogP) is 4.01. The van der Waals surface area contributed by atoms with E-state index in [1.54, 1.807) is 6.92 Å². The van der Waals surface area contributed by atoms with Crippen molar-refractivity contribution in [1.82, 2.24) is 5.32 Å². The van der Waals surface area contributed by atoms with Crippen molar-refractivity contribution in [3.8, 4) is 17.2 Å². The second-order valence-electron chi connectivity index (χ2n) is 8.16. The summed E-state index contributed by atoms with van der Waals surface area (Å²) in [6.07, 6.45) is 0.990. The zero-order valence-electron chi connectivity index (χ0n) is 18.2. The molecule has 0 radical (unpaired) electrons. The molecule has 2 N–H and O–H groups in total. The largest absolute Gasteiger partial charge is 0.507 e. The SMILES string of the molecule is Cc1c(C)c2c(c(C)c1O)C(=O)CC(CCOc1ccc(CC3SC(=O)NC3=O)cc1)O2. The van der Waals surface area contributed by atoms with Gasteiger partial charge in [-0.1, -0.05) is 23.9 Å². The van der Waals surface area contributed by atoms with Gasteiger partial charge in [-0.25, -0.2) is 0 Å². The first-order valence-corrected chi connectivity index (χ1v) is 11.4. The lowest BCUT2D eigenvalue weighted by Gasteiger charge is -2.29. The van der Waals surface area contributed by atoms with Crippen molar-refractivity contribution in [2.75, 3.05) is 6.61 Å². The topological polar surface area (TPSA) is 102 Å². The van der Waals surface area contributed by atoms with Crippen molar-refractivity contribution in [2.45, 2.75) is 51.4 Å². The van der Waals surface area contributed by atoms with E-state index in [0.29, 0.717) is 42.1 Å². The van der Waals surface area contributed by atoms with Crippen molar-refractivity contribution in [3.05, 3.63) is 52.1 Å². The molecule has 2 unspecified atom stereocenters. The molecule has 2 amide bonds. The monoisotopic (exact) mass is 455 g/mol. The molecule has 2 aromatic carbocycles. The Morgan fingerprint density at radius 1 is 1.09 bits per heavy atom. The molecule has 2 atom stereocenters. The lowest BCUT2D eigenvalue weighted by Crippen LogP contribution is -2.30. The molecule has 0 spiro atoms. The molecule has 2 aliphatic rings. The molecule has 168 valence electrons. The first-order chi connectivity index (χ1) is 15.2. The molecule has 0 aliphatic carbocycles. The normalized spacial score (nSPS) is 20.0. The number of fused-ring (bicyclic) bond motifs is 1. The van der Waals surface area contributed by atoms with Crippen LogP contribution in [0.4, 0.5) is 4.79 Å². The van der Waals surface area contributed by atoms with E-state index in [1.807, 2.05) is 38.1 Å². The van der Waals surface area contributed by atoms with Crippen molar-refractivity contribution in [1.29, 1.82) is 0 Å². The summed E-state index contributed by atoms with van der Waals surface area (Å²) < 4.78 is 11.9. The smallest absolute Gasteiger partial charge is 0.286 e. The molecule has 2 aromatic rings. The number of rotatable bonds is 6. The van der Waals surface area contributed by atoms with Crippen LogP contribution in [0.25, 0.3) is 0 Å². The Morgan fingerprint density at radius 3 is 2.47 bits per heavy atom. The van der Waals surface area contributed by atoms with Crippen molar-refractivity contribution < 1.29 is 29.0 Å². The predicted molar refractivity (Wildman–Crippen MR) is 121 cm³/mol. The molecular weight excluding hydrogens is 430 g/mol. The van der Waals surface area contributed by atoms with Crippen LogP contribution in [0.3, 0.4) is 0 Å². The Balaban J connectivity index is 1.33. The van der Waals surface area contributed by atoms with Gasteiger partial charge in [0.05, 0.1) is 17.4 Å². The number of phenolic OH excluding ortho intramolecular Hbond substituents is 1. The van der Waals surface area contributed by atoms with Gasteiger partial charge in [-0.15, -0.1) is 0 Å². The summed E-state index contributed by atoms with van der Waals surface area (Å²) in [5, 5.41) is 11.9. The van der Waals surface area contributed by atoms with E-state index in [2.05, 4.69) is 5.32 Å². The highest BCUT2D eigenvalue weighted by molar-refractivity contribution is 8.15. The lowest BCUT2D eigenvalue weighted by molar-refractivity contribution is -0.118. The van der Waals surface area contributed by atoms with Gasteiger partial charge in [-0.2, -0.15) is 0 Å². The van der Waals surface area contributed by atoms with Crippen LogP contribution >= 0.6 is 11.8 Å². The maximum absolute atomic E-state index is 12.7. The number of phenols is 1. The van der Waals surface area contributed by atoms with Crippen LogP contribution in [0.5, 0.6) is 17.2 Å². The molecule has 0 bridgehead atoms. The Hall–Kier alpha value is -3.00. The summed E-state index contributed by atoms with van der Waals surface area (Å²) in [4.78, 5) is 35.7. The Morgan fingerprint density at radius 2 is 1.81 bits per heavy atom. The van der Waals surface area contributed by atoms with Gasteiger partial charge < -0.3 is 14.6 Å². The quantitative estimate of drug-likeness (QED) is 0.678. The van der Waals surface area contributed by atoms with Crippen molar-refractivity contribution in [2.24, 2.45) is 0 Å². The number of hydrogen-bond acceptors (Lipinski definition) is 7. The minimum atomic E-state index is -0.393. The number of aromatic hydroxyl groups is 1. The molecule has 0 saturated carbocycles. The van der Waals surface area contributed by atoms with Crippen molar-refractivity contribution >= 4 is 28.7 Å². The summed E-state index contributed by atoms with van der Waals surface area (Å²) in [5.41, 5.74) is 3.51. The average molecular weight is 456 g/mol. The third kappa shape index (κ3) is 4.32. The van der Waals surface area contributed by atoms with E-state index in [-0.39, 0.29) is 35.2 Å². The molecule has 32 heavy (non-hydrogen) atoms. The fourth-order valence-corrected chi connectivity index (χ4v) is 4.90. The number of benzene rings is 2. The molecular formula is C24H25NO6S. The van der Waals surface area contributed by atoms with Crippen LogP contribution in [-0.4, -0.2) is 40.0 Å². The minimum Gasteiger partial charge on any atom is -0.507 e. The first kappa shape index (κ1) is 22.2. The molecule has 7 nitrogen and oxygen atoms in total. The number of Topliss-reactive ketones (excluding diaryl/α,β-unsaturated/α-hetero) is 1. The summed E-state index contributed by atoms with van der Waals surface area (Å²) >= 11 is 1.01. The van der Waals surface area contributed by atoms with Gasteiger partial charge in [-0.3, -0.25) is 19.7 Å². The molecule has 2 heterocycles. The van der Waals surface area contributed by atoms with Gasteiger partial charge >= 0.3 is 0 Å². The Kier molecular flexibility index (Phi) is 6.15. The molecule has 2 aliphatic heterocycles. The third-order valence-corrected chi connectivity index (χ3v) is 6.99. The summed E-state index contributed by atoms with van der Waals surface area (Å²) in [6.45, 7) is 5.80.